The first-order chi connectivity index (χ1) is 10.5. The molecule has 7 heteroatoms. The highest BCUT2D eigenvalue weighted by Gasteiger charge is 2.13. The summed E-state index contributed by atoms with van der Waals surface area (Å²) in [5, 5.41) is 11.3. The van der Waals surface area contributed by atoms with Crippen molar-refractivity contribution >= 4 is 52.6 Å². The van der Waals surface area contributed by atoms with E-state index in [1.165, 1.54) is 23.3 Å². The second-order valence-corrected chi connectivity index (χ2v) is 7.26. The molecule has 0 bridgehead atoms. The maximum absolute atomic E-state index is 9.35. The molecule has 0 aliphatic rings. The van der Waals surface area contributed by atoms with Crippen molar-refractivity contribution < 1.29 is 0 Å². The van der Waals surface area contributed by atoms with Gasteiger partial charge in [-0.1, -0.05) is 41.0 Å². The van der Waals surface area contributed by atoms with E-state index in [0.717, 1.165) is 15.5 Å². The van der Waals surface area contributed by atoms with E-state index in [2.05, 4.69) is 10.4 Å². The topological polar surface area (TPSA) is 39.9 Å². The van der Waals surface area contributed by atoms with Crippen LogP contribution >= 0.6 is 46.5 Å². The van der Waals surface area contributed by atoms with E-state index in [0.29, 0.717) is 21.4 Å². The van der Waals surface area contributed by atoms with Gasteiger partial charge in [-0.25, -0.2) is 0 Å². The molecule has 0 aliphatic carbocycles. The highest BCUT2D eigenvalue weighted by molar-refractivity contribution is 7.98. The fourth-order valence-corrected chi connectivity index (χ4v) is 4.02. The van der Waals surface area contributed by atoms with E-state index in [1.807, 2.05) is 37.3 Å². The smallest absolute Gasteiger partial charge is 0.129 e. The summed E-state index contributed by atoms with van der Waals surface area (Å²) in [7, 11) is 3.86. The number of nitriles is 1. The molecule has 2 aromatic rings. The normalized spacial score (nSPS) is 10.9. The highest BCUT2D eigenvalue weighted by atomic mass is 35.5. The monoisotopic (exact) mass is 369 g/mol. The minimum absolute atomic E-state index is 0.609. The summed E-state index contributed by atoms with van der Waals surface area (Å²) in [5.74, 6) is 0.644. The minimum Gasteiger partial charge on any atom is -0.383 e. The summed E-state index contributed by atoms with van der Waals surface area (Å²) in [5.41, 5.74) is 1.58. The minimum atomic E-state index is 0.609. The summed E-state index contributed by atoms with van der Waals surface area (Å²) < 4.78 is 4.37. The Bertz CT molecular complexity index is 733. The maximum atomic E-state index is 9.35. The first-order valence-electron chi connectivity index (χ1n) is 6.32. The van der Waals surface area contributed by atoms with Crippen molar-refractivity contribution in [3.8, 4) is 6.07 Å². The molecule has 0 N–H and O–H groups in total. The van der Waals surface area contributed by atoms with Gasteiger partial charge in [0.2, 0.25) is 0 Å². The Morgan fingerprint density at radius 1 is 1.41 bits per heavy atom. The van der Waals surface area contributed by atoms with Crippen LogP contribution in [0.3, 0.4) is 0 Å². The predicted octanol–water partition coefficient (Wildman–Crippen LogP) is 5.15. The Kier molecular flexibility index (Phi) is 6.16. The van der Waals surface area contributed by atoms with E-state index in [-0.39, 0.29) is 0 Å². The molecule has 0 amide bonds. The van der Waals surface area contributed by atoms with Crippen LogP contribution in [-0.4, -0.2) is 23.4 Å². The van der Waals surface area contributed by atoms with Crippen LogP contribution < -0.4 is 0 Å². The molecule has 2 rings (SSSR count). The third-order valence-electron chi connectivity index (χ3n) is 2.70. The second-order valence-electron chi connectivity index (χ2n) is 4.64. The number of rotatable bonds is 5. The van der Waals surface area contributed by atoms with E-state index in [4.69, 9.17) is 23.2 Å². The molecule has 1 aromatic carbocycles. The molecule has 0 spiro atoms. The van der Waals surface area contributed by atoms with Crippen LogP contribution in [0.1, 0.15) is 16.0 Å². The average Bonchev–Trinajstić information content (AvgIpc) is 2.86. The molecule has 0 atom stereocenters. The van der Waals surface area contributed by atoms with Gasteiger partial charge in [0, 0.05) is 36.1 Å². The van der Waals surface area contributed by atoms with Crippen molar-refractivity contribution in [3.05, 3.63) is 50.4 Å². The predicted molar refractivity (Wildman–Crippen MR) is 95.6 cm³/mol. The van der Waals surface area contributed by atoms with E-state index < -0.39 is 0 Å². The van der Waals surface area contributed by atoms with Crippen LogP contribution in [0.25, 0.3) is 6.08 Å². The van der Waals surface area contributed by atoms with Crippen LogP contribution in [0, 0.1) is 11.3 Å². The number of thioether (sulfide) groups is 1. The average molecular weight is 370 g/mol. The van der Waals surface area contributed by atoms with Gasteiger partial charge in [0.1, 0.15) is 16.7 Å². The lowest BCUT2D eigenvalue weighted by Crippen LogP contribution is -1.99. The van der Waals surface area contributed by atoms with Crippen molar-refractivity contribution in [2.45, 2.75) is 10.8 Å². The standard InChI is InChI=1S/C15H13Cl2N3S2/c1-20(2)6-5-14-12(8-18)15(19-22-14)21-9-10-3-4-11(16)7-13(10)17/h3-7H,9H2,1-2H3/b6-5+. The largest absolute Gasteiger partial charge is 0.383 e. The lowest BCUT2D eigenvalue weighted by atomic mass is 10.2. The Morgan fingerprint density at radius 2 is 2.18 bits per heavy atom. The Morgan fingerprint density at radius 3 is 2.82 bits per heavy atom. The molecular weight excluding hydrogens is 357 g/mol. The van der Waals surface area contributed by atoms with Crippen molar-refractivity contribution in [1.29, 1.82) is 5.26 Å². The number of aromatic nitrogens is 1. The van der Waals surface area contributed by atoms with Gasteiger partial charge in [-0.05, 0) is 35.3 Å². The van der Waals surface area contributed by atoms with Crippen LogP contribution in [0.2, 0.25) is 10.0 Å². The van der Waals surface area contributed by atoms with Gasteiger partial charge in [0.15, 0.2) is 0 Å². The Balaban J connectivity index is 2.15. The van der Waals surface area contributed by atoms with Crippen LogP contribution in [0.15, 0.2) is 29.4 Å². The molecule has 3 nitrogen and oxygen atoms in total. The first-order valence-corrected chi connectivity index (χ1v) is 8.84. The zero-order valence-electron chi connectivity index (χ0n) is 12.0. The summed E-state index contributed by atoms with van der Waals surface area (Å²) in [6.45, 7) is 0. The zero-order valence-corrected chi connectivity index (χ0v) is 15.2. The van der Waals surface area contributed by atoms with E-state index in [9.17, 15) is 5.26 Å². The molecule has 0 aliphatic heterocycles. The van der Waals surface area contributed by atoms with Gasteiger partial charge >= 0.3 is 0 Å². The Hall–Kier alpha value is -1.19. The second kappa shape index (κ2) is 7.89. The number of hydrogen-bond donors (Lipinski definition) is 0. The van der Waals surface area contributed by atoms with E-state index in [1.54, 1.807) is 12.1 Å². The summed E-state index contributed by atoms with van der Waals surface area (Å²) in [6, 6.07) is 7.65. The zero-order chi connectivity index (χ0) is 16.1. The van der Waals surface area contributed by atoms with Crippen LogP contribution in [0.4, 0.5) is 0 Å². The van der Waals surface area contributed by atoms with Crippen molar-refractivity contribution in [2.24, 2.45) is 0 Å². The maximum Gasteiger partial charge on any atom is 0.129 e. The quantitative estimate of drug-likeness (QED) is 0.683. The molecular formula is C15H13Cl2N3S2. The number of benzene rings is 1. The lowest BCUT2D eigenvalue weighted by molar-refractivity contribution is 0.567. The molecule has 0 unspecified atom stereocenters. The van der Waals surface area contributed by atoms with Gasteiger partial charge in [-0.15, -0.1) is 0 Å². The third-order valence-corrected chi connectivity index (χ3v) is 5.24. The van der Waals surface area contributed by atoms with E-state index >= 15 is 0 Å². The number of nitrogens with zero attached hydrogens (tertiary/aromatic N) is 3. The van der Waals surface area contributed by atoms with Crippen molar-refractivity contribution in [1.82, 2.24) is 9.27 Å². The SMILES string of the molecule is CN(C)/C=C/c1snc(SCc2ccc(Cl)cc2Cl)c1C#N. The highest BCUT2D eigenvalue weighted by Crippen LogP contribution is 2.32. The van der Waals surface area contributed by atoms with Gasteiger partial charge in [0.25, 0.3) is 0 Å². The fraction of sp³-hybridized carbons (Fsp3) is 0.200. The number of hydrogen-bond acceptors (Lipinski definition) is 5. The number of halogens is 2. The summed E-state index contributed by atoms with van der Waals surface area (Å²) in [4.78, 5) is 2.78. The van der Waals surface area contributed by atoms with Crippen LogP contribution in [0.5, 0.6) is 0 Å². The summed E-state index contributed by atoms with van der Waals surface area (Å²) >= 11 is 14.9. The van der Waals surface area contributed by atoms with Gasteiger partial charge in [-0.2, -0.15) is 9.64 Å². The Labute approximate surface area is 148 Å². The fourth-order valence-electron chi connectivity index (χ4n) is 1.60. The molecule has 0 radical (unpaired) electrons. The third kappa shape index (κ3) is 4.40. The van der Waals surface area contributed by atoms with Crippen LogP contribution in [-0.2, 0) is 5.75 Å². The molecule has 114 valence electrons. The summed E-state index contributed by atoms with van der Waals surface area (Å²) in [6.07, 6.45) is 3.80. The van der Waals surface area contributed by atoms with Gasteiger partial charge in [0.05, 0.1) is 4.88 Å². The lowest BCUT2D eigenvalue weighted by Gasteiger charge is -2.03. The first kappa shape index (κ1) is 17.2. The molecule has 1 aromatic heterocycles. The van der Waals surface area contributed by atoms with Crippen molar-refractivity contribution in [2.75, 3.05) is 14.1 Å². The molecule has 22 heavy (non-hydrogen) atoms. The molecule has 0 fully saturated rings. The van der Waals surface area contributed by atoms with Gasteiger partial charge < -0.3 is 4.90 Å². The van der Waals surface area contributed by atoms with Crippen molar-refractivity contribution in [3.63, 3.8) is 0 Å². The molecule has 1 heterocycles. The van der Waals surface area contributed by atoms with Gasteiger partial charge in [-0.3, -0.25) is 0 Å². The molecule has 0 saturated carbocycles. The molecule has 0 saturated heterocycles.